The molecule has 0 unspecified atom stereocenters. The van der Waals surface area contributed by atoms with E-state index in [0.717, 1.165) is 17.8 Å². The second kappa shape index (κ2) is 9.49. The molecule has 3 rings (SSSR count). The number of amides is 2. The molecule has 1 aliphatic heterocycles. The Morgan fingerprint density at radius 2 is 1.70 bits per heavy atom. The monoisotopic (exact) mass is 439 g/mol. The number of carbonyl (C=O) groups is 2. The van der Waals surface area contributed by atoms with Gasteiger partial charge in [-0.05, 0) is 56.3 Å². The van der Waals surface area contributed by atoms with Gasteiger partial charge in [0.1, 0.15) is 0 Å². The van der Waals surface area contributed by atoms with Gasteiger partial charge in [0.25, 0.3) is 0 Å². The van der Waals surface area contributed by atoms with Crippen molar-refractivity contribution < 1.29 is 22.8 Å². The zero-order valence-electron chi connectivity index (χ0n) is 16.0. The molecule has 2 aromatic carbocycles. The molecule has 160 valence electrons. The predicted octanol–water partition coefficient (Wildman–Crippen LogP) is 4.65. The van der Waals surface area contributed by atoms with Crippen molar-refractivity contribution in [2.75, 3.05) is 30.3 Å². The third-order valence-corrected chi connectivity index (χ3v) is 5.16. The molecule has 5 nitrogen and oxygen atoms in total. The maximum Gasteiger partial charge on any atom is 0.418 e. The normalized spacial score (nSPS) is 15.6. The number of benzene rings is 2. The topological polar surface area (TPSA) is 61.4 Å². The number of para-hydroxylation sites is 1. The van der Waals surface area contributed by atoms with Crippen molar-refractivity contribution in [2.45, 2.75) is 19.0 Å². The Morgan fingerprint density at radius 1 is 1.03 bits per heavy atom. The Morgan fingerprint density at radius 3 is 2.33 bits per heavy atom. The van der Waals surface area contributed by atoms with Gasteiger partial charge in [0.2, 0.25) is 11.8 Å². The number of piperidine rings is 1. The van der Waals surface area contributed by atoms with Crippen LogP contribution < -0.4 is 10.6 Å². The summed E-state index contributed by atoms with van der Waals surface area (Å²) in [6.45, 7) is 0.965. The van der Waals surface area contributed by atoms with Crippen LogP contribution in [0.25, 0.3) is 0 Å². The molecule has 1 saturated heterocycles. The number of nitrogens with zero attached hydrogens (tertiary/aromatic N) is 1. The van der Waals surface area contributed by atoms with Gasteiger partial charge in [-0.25, -0.2) is 0 Å². The third-order valence-electron chi connectivity index (χ3n) is 4.93. The number of halogens is 4. The van der Waals surface area contributed by atoms with Gasteiger partial charge in [0, 0.05) is 16.6 Å². The van der Waals surface area contributed by atoms with E-state index in [1.807, 2.05) is 35.2 Å². The van der Waals surface area contributed by atoms with E-state index in [4.69, 9.17) is 11.6 Å². The maximum atomic E-state index is 13.2. The number of carbonyl (C=O) groups excluding carboxylic acids is 2. The summed E-state index contributed by atoms with van der Waals surface area (Å²) in [5.74, 6) is -0.783. The zero-order chi connectivity index (χ0) is 21.7. The third kappa shape index (κ3) is 5.96. The minimum Gasteiger partial charge on any atom is -0.326 e. The molecule has 0 saturated carbocycles. The molecule has 1 aliphatic rings. The minimum atomic E-state index is -4.63. The molecule has 9 heteroatoms. The first-order valence-corrected chi connectivity index (χ1v) is 9.85. The van der Waals surface area contributed by atoms with Crippen LogP contribution in [0.5, 0.6) is 0 Å². The number of anilines is 2. The van der Waals surface area contributed by atoms with Gasteiger partial charge >= 0.3 is 6.18 Å². The summed E-state index contributed by atoms with van der Waals surface area (Å²) in [4.78, 5) is 26.5. The van der Waals surface area contributed by atoms with E-state index in [9.17, 15) is 22.8 Å². The van der Waals surface area contributed by atoms with Crippen LogP contribution >= 0.6 is 11.6 Å². The molecule has 2 N–H and O–H groups in total. The van der Waals surface area contributed by atoms with Gasteiger partial charge in [-0.3, -0.25) is 14.5 Å². The fraction of sp³-hybridized carbons (Fsp3) is 0.333. The first-order chi connectivity index (χ1) is 14.2. The molecule has 0 aromatic heterocycles. The van der Waals surface area contributed by atoms with Crippen molar-refractivity contribution in [3.8, 4) is 0 Å². The van der Waals surface area contributed by atoms with Gasteiger partial charge in [-0.2, -0.15) is 13.2 Å². The summed E-state index contributed by atoms with van der Waals surface area (Å²) >= 11 is 5.65. The lowest BCUT2D eigenvalue weighted by Gasteiger charge is -2.30. The standard InChI is InChI=1S/C21H21ClF3N3O2/c22-15-6-7-18(17(12-15)21(23,24)25)27-19(29)13-28-10-8-14(9-11-28)20(30)26-16-4-2-1-3-5-16/h1-7,12,14H,8-11,13H2,(H,26,30)(H,27,29). The quantitative estimate of drug-likeness (QED) is 0.713. The minimum absolute atomic E-state index is 0.0487. The molecule has 1 fully saturated rings. The van der Waals surface area contributed by atoms with Crippen LogP contribution in [0.4, 0.5) is 24.5 Å². The predicted molar refractivity (Wildman–Crippen MR) is 109 cm³/mol. The first-order valence-electron chi connectivity index (χ1n) is 9.47. The average molecular weight is 440 g/mol. The number of likely N-dealkylation sites (tertiary alicyclic amines) is 1. The molecule has 0 atom stereocenters. The molecular formula is C21H21ClF3N3O2. The van der Waals surface area contributed by atoms with Crippen LogP contribution in [0.1, 0.15) is 18.4 Å². The second-order valence-corrected chi connectivity index (χ2v) is 7.58. The van der Waals surface area contributed by atoms with Crippen LogP contribution in [-0.4, -0.2) is 36.3 Å². The van der Waals surface area contributed by atoms with Crippen molar-refractivity contribution >= 4 is 34.8 Å². The fourth-order valence-electron chi connectivity index (χ4n) is 3.37. The summed E-state index contributed by atoms with van der Waals surface area (Å²) in [6, 6.07) is 12.4. The highest BCUT2D eigenvalue weighted by molar-refractivity contribution is 6.30. The molecule has 30 heavy (non-hydrogen) atoms. The van der Waals surface area contributed by atoms with Crippen molar-refractivity contribution in [1.82, 2.24) is 4.90 Å². The highest BCUT2D eigenvalue weighted by Crippen LogP contribution is 2.36. The Labute approximate surface area is 177 Å². The first kappa shape index (κ1) is 22.1. The largest absolute Gasteiger partial charge is 0.418 e. The smallest absolute Gasteiger partial charge is 0.326 e. The summed E-state index contributed by atoms with van der Waals surface area (Å²) in [6.07, 6.45) is -3.49. The molecule has 0 bridgehead atoms. The number of alkyl halides is 3. The number of nitrogens with one attached hydrogen (secondary N) is 2. The van der Waals surface area contributed by atoms with E-state index in [-0.39, 0.29) is 29.1 Å². The van der Waals surface area contributed by atoms with Crippen molar-refractivity contribution in [2.24, 2.45) is 5.92 Å². The van der Waals surface area contributed by atoms with Gasteiger partial charge in [-0.1, -0.05) is 29.8 Å². The van der Waals surface area contributed by atoms with Crippen molar-refractivity contribution in [3.05, 3.63) is 59.1 Å². The lowest BCUT2D eigenvalue weighted by molar-refractivity contribution is -0.137. The summed E-state index contributed by atoms with van der Waals surface area (Å²) < 4.78 is 39.5. The van der Waals surface area contributed by atoms with Crippen LogP contribution in [0, 0.1) is 5.92 Å². The Bertz CT molecular complexity index is 898. The van der Waals surface area contributed by atoms with Crippen LogP contribution in [0.2, 0.25) is 5.02 Å². The van der Waals surface area contributed by atoms with Crippen LogP contribution in [0.15, 0.2) is 48.5 Å². The maximum absolute atomic E-state index is 13.2. The van der Waals surface area contributed by atoms with E-state index in [1.54, 1.807) is 0 Å². The van der Waals surface area contributed by atoms with E-state index in [1.165, 1.54) is 6.07 Å². The van der Waals surface area contributed by atoms with Crippen molar-refractivity contribution in [1.29, 1.82) is 0 Å². The van der Waals surface area contributed by atoms with Crippen LogP contribution in [-0.2, 0) is 15.8 Å². The summed E-state index contributed by atoms with van der Waals surface area (Å²) in [5, 5.41) is 5.13. The number of rotatable bonds is 5. The molecule has 0 aliphatic carbocycles. The zero-order valence-corrected chi connectivity index (χ0v) is 16.8. The van der Waals surface area contributed by atoms with E-state index in [2.05, 4.69) is 10.6 Å². The Hall–Kier alpha value is -2.58. The van der Waals surface area contributed by atoms with Gasteiger partial charge < -0.3 is 10.6 Å². The summed E-state index contributed by atoms with van der Waals surface area (Å²) in [7, 11) is 0. The van der Waals surface area contributed by atoms with Crippen LogP contribution in [0.3, 0.4) is 0 Å². The lowest BCUT2D eigenvalue weighted by atomic mass is 9.96. The van der Waals surface area contributed by atoms with E-state index in [0.29, 0.717) is 25.9 Å². The molecular weight excluding hydrogens is 419 g/mol. The average Bonchev–Trinajstić information content (AvgIpc) is 2.70. The SMILES string of the molecule is O=C(CN1CCC(C(=O)Nc2ccccc2)CC1)Nc1ccc(Cl)cc1C(F)(F)F. The molecule has 2 aromatic rings. The number of hydrogen-bond acceptors (Lipinski definition) is 3. The molecule has 0 radical (unpaired) electrons. The van der Waals surface area contributed by atoms with E-state index >= 15 is 0 Å². The fourth-order valence-corrected chi connectivity index (χ4v) is 3.54. The Balaban J connectivity index is 1.51. The van der Waals surface area contributed by atoms with Gasteiger partial charge in [-0.15, -0.1) is 0 Å². The van der Waals surface area contributed by atoms with Gasteiger partial charge in [0.05, 0.1) is 17.8 Å². The van der Waals surface area contributed by atoms with E-state index < -0.39 is 17.6 Å². The molecule has 1 heterocycles. The summed E-state index contributed by atoms with van der Waals surface area (Å²) in [5.41, 5.74) is -0.582. The number of hydrogen-bond donors (Lipinski definition) is 2. The second-order valence-electron chi connectivity index (χ2n) is 7.14. The van der Waals surface area contributed by atoms with Crippen molar-refractivity contribution in [3.63, 3.8) is 0 Å². The molecule has 0 spiro atoms. The van der Waals surface area contributed by atoms with Gasteiger partial charge in [0.15, 0.2) is 0 Å². The lowest BCUT2D eigenvalue weighted by Crippen LogP contribution is -2.41. The highest BCUT2D eigenvalue weighted by Gasteiger charge is 2.34. The highest BCUT2D eigenvalue weighted by atomic mass is 35.5. The Kier molecular flexibility index (Phi) is 6.99. The molecule has 2 amide bonds.